The average molecular weight is 294 g/mol. The van der Waals surface area contributed by atoms with Crippen molar-refractivity contribution in [2.45, 2.75) is 17.2 Å². The van der Waals surface area contributed by atoms with E-state index in [1.54, 1.807) is 18.9 Å². The molecule has 0 saturated carbocycles. The molecule has 0 spiro atoms. The molecule has 0 amide bonds. The van der Waals surface area contributed by atoms with Crippen molar-refractivity contribution < 1.29 is 4.74 Å². The molecule has 0 unspecified atom stereocenters. The number of hydrogen-bond acceptors (Lipinski definition) is 3. The predicted molar refractivity (Wildman–Crippen MR) is 81.9 cm³/mol. The number of benzene rings is 2. The summed E-state index contributed by atoms with van der Waals surface area (Å²) in [7, 11) is 1.67. The van der Waals surface area contributed by atoms with Gasteiger partial charge in [0.2, 0.25) is 0 Å². The van der Waals surface area contributed by atoms with Crippen LogP contribution < -0.4 is 10.5 Å². The third-order valence-electron chi connectivity index (χ3n) is 2.84. The first kappa shape index (κ1) is 14.3. The van der Waals surface area contributed by atoms with Crippen LogP contribution in [-0.4, -0.2) is 7.11 Å². The maximum atomic E-state index is 6.16. The largest absolute Gasteiger partial charge is 0.497 e. The van der Waals surface area contributed by atoms with Gasteiger partial charge in [-0.15, -0.1) is 11.8 Å². The molecule has 2 N–H and O–H groups in total. The highest BCUT2D eigenvalue weighted by Gasteiger charge is 2.06. The van der Waals surface area contributed by atoms with Crippen LogP contribution in [0.5, 0.6) is 5.75 Å². The van der Waals surface area contributed by atoms with Gasteiger partial charge in [0, 0.05) is 22.2 Å². The Morgan fingerprint density at radius 2 is 1.95 bits per heavy atom. The van der Waals surface area contributed by atoms with Crippen molar-refractivity contribution in [3.05, 3.63) is 58.6 Å². The van der Waals surface area contributed by atoms with E-state index in [-0.39, 0.29) is 0 Å². The number of nitrogens with two attached hydrogens (primary N) is 1. The number of rotatable bonds is 5. The van der Waals surface area contributed by atoms with Crippen molar-refractivity contribution in [2.75, 3.05) is 7.11 Å². The number of halogens is 1. The molecule has 2 aromatic carbocycles. The molecule has 2 aromatic rings. The third kappa shape index (κ3) is 3.66. The van der Waals surface area contributed by atoms with Gasteiger partial charge in [0.25, 0.3) is 0 Å². The molecule has 0 aromatic heterocycles. The quantitative estimate of drug-likeness (QED) is 0.843. The van der Waals surface area contributed by atoms with Crippen LogP contribution in [0.2, 0.25) is 5.02 Å². The van der Waals surface area contributed by atoms with E-state index >= 15 is 0 Å². The first-order valence-corrected chi connectivity index (χ1v) is 7.34. The SMILES string of the molecule is COc1ccc(CN)c(SCc2ccccc2Cl)c1. The van der Waals surface area contributed by atoms with E-state index in [0.717, 1.165) is 32.5 Å². The summed E-state index contributed by atoms with van der Waals surface area (Å²) in [4.78, 5) is 1.14. The summed E-state index contributed by atoms with van der Waals surface area (Å²) in [5, 5.41) is 0.798. The van der Waals surface area contributed by atoms with Crippen LogP contribution in [0.25, 0.3) is 0 Å². The normalized spacial score (nSPS) is 10.5. The van der Waals surface area contributed by atoms with Gasteiger partial charge < -0.3 is 10.5 Å². The number of hydrogen-bond donors (Lipinski definition) is 1. The smallest absolute Gasteiger partial charge is 0.119 e. The Balaban J connectivity index is 2.16. The monoisotopic (exact) mass is 293 g/mol. The molecule has 0 saturated heterocycles. The van der Waals surface area contributed by atoms with Gasteiger partial charge in [-0.25, -0.2) is 0 Å². The first-order chi connectivity index (χ1) is 9.24. The van der Waals surface area contributed by atoms with Gasteiger partial charge in [-0.2, -0.15) is 0 Å². The summed E-state index contributed by atoms with van der Waals surface area (Å²) in [6, 6.07) is 13.8. The Bertz CT molecular complexity index is 560. The number of methoxy groups -OCH3 is 1. The topological polar surface area (TPSA) is 35.2 Å². The fourth-order valence-corrected chi connectivity index (χ4v) is 3.12. The van der Waals surface area contributed by atoms with Crippen molar-refractivity contribution in [1.82, 2.24) is 0 Å². The lowest BCUT2D eigenvalue weighted by Gasteiger charge is -2.10. The van der Waals surface area contributed by atoms with Crippen molar-refractivity contribution in [3.8, 4) is 5.75 Å². The van der Waals surface area contributed by atoms with Gasteiger partial charge in [0.15, 0.2) is 0 Å². The van der Waals surface area contributed by atoms with Gasteiger partial charge in [0.05, 0.1) is 7.11 Å². The van der Waals surface area contributed by atoms with Crippen molar-refractivity contribution in [1.29, 1.82) is 0 Å². The highest BCUT2D eigenvalue weighted by atomic mass is 35.5. The maximum absolute atomic E-state index is 6.16. The van der Waals surface area contributed by atoms with Crippen LogP contribution >= 0.6 is 23.4 Å². The Morgan fingerprint density at radius 3 is 2.63 bits per heavy atom. The average Bonchev–Trinajstić information content (AvgIpc) is 2.46. The summed E-state index contributed by atoms with van der Waals surface area (Å²) in [5.41, 5.74) is 8.01. The molecule has 2 rings (SSSR count). The predicted octanol–water partition coefficient (Wildman–Crippen LogP) is 4.10. The van der Waals surface area contributed by atoms with Gasteiger partial charge in [-0.05, 0) is 29.3 Å². The van der Waals surface area contributed by atoms with Crippen LogP contribution in [0.1, 0.15) is 11.1 Å². The zero-order valence-electron chi connectivity index (χ0n) is 10.7. The van der Waals surface area contributed by atoms with E-state index in [1.807, 2.05) is 42.5 Å². The standard InChI is InChI=1S/C15H16ClNOS/c1-18-13-7-6-11(9-17)15(8-13)19-10-12-4-2-3-5-14(12)16/h2-8H,9-10,17H2,1H3. The van der Waals surface area contributed by atoms with E-state index in [0.29, 0.717) is 6.54 Å². The lowest BCUT2D eigenvalue weighted by Crippen LogP contribution is -1.99. The molecule has 0 heterocycles. The first-order valence-electron chi connectivity index (χ1n) is 5.97. The zero-order chi connectivity index (χ0) is 13.7. The molecule has 0 aliphatic heterocycles. The lowest BCUT2D eigenvalue weighted by molar-refractivity contribution is 0.413. The highest BCUT2D eigenvalue weighted by Crippen LogP contribution is 2.31. The Morgan fingerprint density at radius 1 is 1.16 bits per heavy atom. The maximum Gasteiger partial charge on any atom is 0.119 e. The molecule has 100 valence electrons. The molecule has 0 aliphatic rings. The van der Waals surface area contributed by atoms with Crippen LogP contribution in [0.15, 0.2) is 47.4 Å². The van der Waals surface area contributed by atoms with Crippen LogP contribution in [0.4, 0.5) is 0 Å². The van der Waals surface area contributed by atoms with Crippen LogP contribution in [0, 0.1) is 0 Å². The van der Waals surface area contributed by atoms with E-state index in [9.17, 15) is 0 Å². The molecule has 2 nitrogen and oxygen atoms in total. The number of ether oxygens (including phenoxy) is 1. The summed E-state index contributed by atoms with van der Waals surface area (Å²) in [5.74, 6) is 1.67. The van der Waals surface area contributed by atoms with E-state index in [1.165, 1.54) is 0 Å². The molecule has 0 aliphatic carbocycles. The van der Waals surface area contributed by atoms with Gasteiger partial charge >= 0.3 is 0 Å². The van der Waals surface area contributed by atoms with Crippen LogP contribution in [-0.2, 0) is 12.3 Å². The second-order valence-electron chi connectivity index (χ2n) is 4.06. The second-order valence-corrected chi connectivity index (χ2v) is 5.48. The Hall–Kier alpha value is -1.16. The molecular weight excluding hydrogens is 278 g/mol. The molecule has 19 heavy (non-hydrogen) atoms. The Kier molecular flexibility index (Phi) is 5.14. The third-order valence-corrected chi connectivity index (χ3v) is 4.35. The van der Waals surface area contributed by atoms with Crippen LogP contribution in [0.3, 0.4) is 0 Å². The summed E-state index contributed by atoms with van der Waals surface area (Å²) in [6.45, 7) is 0.523. The van der Waals surface area contributed by atoms with Crippen molar-refractivity contribution >= 4 is 23.4 Å². The zero-order valence-corrected chi connectivity index (χ0v) is 12.3. The van der Waals surface area contributed by atoms with Gasteiger partial charge in [-0.3, -0.25) is 0 Å². The minimum absolute atomic E-state index is 0.523. The lowest BCUT2D eigenvalue weighted by atomic mass is 10.2. The van der Waals surface area contributed by atoms with Gasteiger partial charge in [0.1, 0.15) is 5.75 Å². The molecule has 0 atom stereocenters. The molecule has 0 radical (unpaired) electrons. The summed E-state index contributed by atoms with van der Waals surface area (Å²) < 4.78 is 5.25. The minimum atomic E-state index is 0.523. The van der Waals surface area contributed by atoms with Crippen molar-refractivity contribution in [3.63, 3.8) is 0 Å². The summed E-state index contributed by atoms with van der Waals surface area (Å²) in [6.07, 6.45) is 0. The number of thioether (sulfide) groups is 1. The second kappa shape index (κ2) is 6.85. The molecular formula is C15H16ClNOS. The highest BCUT2D eigenvalue weighted by molar-refractivity contribution is 7.98. The minimum Gasteiger partial charge on any atom is -0.497 e. The van der Waals surface area contributed by atoms with E-state index in [2.05, 4.69) is 0 Å². The Labute approximate surface area is 122 Å². The molecule has 0 bridgehead atoms. The van der Waals surface area contributed by atoms with Crippen molar-refractivity contribution in [2.24, 2.45) is 5.73 Å². The van der Waals surface area contributed by atoms with E-state index < -0.39 is 0 Å². The van der Waals surface area contributed by atoms with E-state index in [4.69, 9.17) is 22.1 Å². The molecule has 0 fully saturated rings. The summed E-state index contributed by atoms with van der Waals surface area (Å²) >= 11 is 7.88. The molecule has 4 heteroatoms. The fraction of sp³-hybridized carbons (Fsp3) is 0.200. The van der Waals surface area contributed by atoms with Gasteiger partial charge in [-0.1, -0.05) is 35.9 Å². The fourth-order valence-electron chi connectivity index (χ4n) is 1.74.